The van der Waals surface area contributed by atoms with Crippen LogP contribution in [0.2, 0.25) is 0 Å². The van der Waals surface area contributed by atoms with Gasteiger partial charge in [-0.2, -0.15) is 0 Å². The summed E-state index contributed by atoms with van der Waals surface area (Å²) in [5.74, 6) is -1.40. The first-order valence-electron chi connectivity index (χ1n) is 21.9. The fourth-order valence-electron chi connectivity index (χ4n) is 5.70. The number of allylic oxidation sites excluding steroid dienone is 20. The predicted molar refractivity (Wildman–Crippen MR) is 240 cm³/mol. The number of aliphatic hydroxyl groups is 3. The van der Waals surface area contributed by atoms with Gasteiger partial charge < -0.3 is 34.3 Å². The quantitative estimate of drug-likeness (QED) is 0.0336. The summed E-state index contributed by atoms with van der Waals surface area (Å²) in [4.78, 5) is 25.3. The Balaban J connectivity index is 2.45. The number of hydrogen-bond donors (Lipinski definition) is 3. The van der Waals surface area contributed by atoms with Crippen molar-refractivity contribution in [1.82, 2.24) is 0 Å². The SMILES string of the molecule is CC/C=C\C/C=C\C/C=C\C/C=C\C/C=C\CCCC(=O)OCC(COC1OC(CO)C(C)C(O)C1O)OC(=O)CCC/C=C\C/C=C\C/C=C\C/C=C\C/C=C\CC. The molecule has 6 unspecified atom stereocenters. The van der Waals surface area contributed by atoms with Crippen molar-refractivity contribution in [3.05, 3.63) is 122 Å². The zero-order chi connectivity index (χ0) is 43.0. The van der Waals surface area contributed by atoms with Crippen LogP contribution in [0.5, 0.6) is 0 Å². The summed E-state index contributed by atoms with van der Waals surface area (Å²) in [6.45, 7) is 5.10. The Hall–Kier alpha value is -3.86. The molecular formula is C50H76O9. The van der Waals surface area contributed by atoms with E-state index in [1.54, 1.807) is 6.92 Å². The van der Waals surface area contributed by atoms with Crippen molar-refractivity contribution in [3.8, 4) is 0 Å². The van der Waals surface area contributed by atoms with Crippen molar-refractivity contribution in [2.24, 2.45) is 5.92 Å². The van der Waals surface area contributed by atoms with Gasteiger partial charge in [0.1, 0.15) is 12.7 Å². The molecule has 0 aliphatic carbocycles. The zero-order valence-corrected chi connectivity index (χ0v) is 36.2. The van der Waals surface area contributed by atoms with Crippen molar-refractivity contribution in [1.29, 1.82) is 0 Å². The molecule has 0 radical (unpaired) electrons. The lowest BCUT2D eigenvalue weighted by Crippen LogP contribution is -2.55. The van der Waals surface area contributed by atoms with Crippen molar-refractivity contribution in [3.63, 3.8) is 0 Å². The molecule has 0 aromatic carbocycles. The van der Waals surface area contributed by atoms with Gasteiger partial charge in [-0.15, -0.1) is 0 Å². The van der Waals surface area contributed by atoms with Gasteiger partial charge in [-0.3, -0.25) is 9.59 Å². The standard InChI is InChI=1S/C50H76O9/c1-4-6-8-10-12-14-16-18-20-22-24-26-28-30-32-34-36-38-46(52)56-41-44(42-57-50-49(55)48(54)43(3)45(40-51)59-50)58-47(53)39-37-35-33-31-29-27-25-23-21-19-17-15-13-11-9-7-5-2/h6-9,12-15,18-21,24-27,30-33,43-45,48-51,54-55H,4-5,10-11,16-17,22-23,28-29,34-42H2,1-3H3/b8-6-,9-7-,14-12-,15-13-,20-18-,21-19-,26-24-,27-25-,32-30-,33-31-. The Kier molecular flexibility index (Phi) is 34.6. The van der Waals surface area contributed by atoms with Gasteiger partial charge in [0.25, 0.3) is 0 Å². The summed E-state index contributed by atoms with van der Waals surface area (Å²) in [6, 6.07) is 0. The number of unbranched alkanes of at least 4 members (excludes halogenated alkanes) is 2. The molecular weight excluding hydrogens is 745 g/mol. The largest absolute Gasteiger partial charge is 0.462 e. The minimum absolute atomic E-state index is 0.164. The third-order valence-electron chi connectivity index (χ3n) is 9.24. The van der Waals surface area contributed by atoms with Gasteiger partial charge in [0.2, 0.25) is 0 Å². The van der Waals surface area contributed by atoms with E-state index < -0.39 is 48.6 Å². The Morgan fingerprint density at radius 2 is 0.949 bits per heavy atom. The molecule has 1 aliphatic rings. The zero-order valence-electron chi connectivity index (χ0n) is 36.2. The van der Waals surface area contributed by atoms with E-state index in [9.17, 15) is 24.9 Å². The highest BCUT2D eigenvalue weighted by Gasteiger charge is 2.42. The highest BCUT2D eigenvalue weighted by atomic mass is 16.7. The van der Waals surface area contributed by atoms with Crippen LogP contribution < -0.4 is 0 Å². The average Bonchev–Trinajstić information content (AvgIpc) is 3.23. The number of ether oxygens (including phenoxy) is 4. The van der Waals surface area contributed by atoms with Crippen LogP contribution in [-0.2, 0) is 28.5 Å². The third-order valence-corrected chi connectivity index (χ3v) is 9.24. The molecule has 0 amide bonds. The van der Waals surface area contributed by atoms with E-state index in [0.29, 0.717) is 19.3 Å². The third kappa shape index (κ3) is 29.9. The van der Waals surface area contributed by atoms with E-state index in [1.165, 1.54) is 0 Å². The van der Waals surface area contributed by atoms with Crippen LogP contribution in [0, 0.1) is 5.92 Å². The lowest BCUT2D eigenvalue weighted by molar-refractivity contribution is -0.293. The maximum absolute atomic E-state index is 12.8. The molecule has 59 heavy (non-hydrogen) atoms. The fourth-order valence-corrected chi connectivity index (χ4v) is 5.70. The lowest BCUT2D eigenvalue weighted by atomic mass is 9.91. The number of carbonyl (C=O) groups excluding carboxylic acids is 2. The van der Waals surface area contributed by atoms with E-state index >= 15 is 0 Å². The number of esters is 2. The van der Waals surface area contributed by atoms with Gasteiger partial charge in [-0.05, 0) is 89.9 Å². The van der Waals surface area contributed by atoms with Crippen molar-refractivity contribution in [2.45, 2.75) is 154 Å². The Morgan fingerprint density at radius 1 is 0.559 bits per heavy atom. The van der Waals surface area contributed by atoms with Gasteiger partial charge in [-0.25, -0.2) is 0 Å². The molecule has 330 valence electrons. The first-order chi connectivity index (χ1) is 28.8. The van der Waals surface area contributed by atoms with E-state index in [1.807, 2.05) is 12.2 Å². The average molecular weight is 821 g/mol. The van der Waals surface area contributed by atoms with Crippen LogP contribution in [0.4, 0.5) is 0 Å². The van der Waals surface area contributed by atoms with Gasteiger partial charge in [0.05, 0.1) is 25.4 Å². The molecule has 9 heteroatoms. The molecule has 6 atom stereocenters. The molecule has 3 N–H and O–H groups in total. The molecule has 0 saturated carbocycles. The second kappa shape index (κ2) is 38.3. The molecule has 0 bridgehead atoms. The molecule has 0 spiro atoms. The molecule has 0 aromatic heterocycles. The highest BCUT2D eigenvalue weighted by molar-refractivity contribution is 5.70. The topological polar surface area (TPSA) is 132 Å². The first-order valence-corrected chi connectivity index (χ1v) is 21.9. The number of rotatable bonds is 33. The molecule has 9 nitrogen and oxygen atoms in total. The molecule has 0 aromatic rings. The van der Waals surface area contributed by atoms with E-state index in [4.69, 9.17) is 18.9 Å². The summed E-state index contributed by atoms with van der Waals surface area (Å²) in [7, 11) is 0. The van der Waals surface area contributed by atoms with Crippen LogP contribution in [0.1, 0.15) is 124 Å². The van der Waals surface area contributed by atoms with Gasteiger partial charge in [0.15, 0.2) is 12.4 Å². The Bertz CT molecular complexity index is 1360. The predicted octanol–water partition coefficient (Wildman–Crippen LogP) is 10.4. The smallest absolute Gasteiger partial charge is 0.306 e. The van der Waals surface area contributed by atoms with E-state index in [0.717, 1.165) is 70.6 Å². The second-order valence-corrected chi connectivity index (χ2v) is 14.4. The van der Waals surface area contributed by atoms with Crippen LogP contribution in [-0.4, -0.2) is 77.8 Å². The fraction of sp³-hybridized carbons (Fsp3) is 0.560. The minimum atomic E-state index is -1.37. The maximum atomic E-state index is 12.8. The highest BCUT2D eigenvalue weighted by Crippen LogP contribution is 2.26. The van der Waals surface area contributed by atoms with Gasteiger partial charge >= 0.3 is 11.9 Å². The summed E-state index contributed by atoms with van der Waals surface area (Å²) < 4.78 is 22.5. The monoisotopic (exact) mass is 821 g/mol. The second-order valence-electron chi connectivity index (χ2n) is 14.4. The summed E-state index contributed by atoms with van der Waals surface area (Å²) in [5.41, 5.74) is 0. The van der Waals surface area contributed by atoms with Crippen LogP contribution in [0.3, 0.4) is 0 Å². The summed E-state index contributed by atoms with van der Waals surface area (Å²) in [5, 5.41) is 30.6. The maximum Gasteiger partial charge on any atom is 0.306 e. The molecule has 1 saturated heterocycles. The van der Waals surface area contributed by atoms with Crippen molar-refractivity contribution in [2.75, 3.05) is 19.8 Å². The molecule has 1 aliphatic heterocycles. The summed E-state index contributed by atoms with van der Waals surface area (Å²) >= 11 is 0. The van der Waals surface area contributed by atoms with Crippen molar-refractivity contribution < 1.29 is 43.9 Å². The van der Waals surface area contributed by atoms with Gasteiger partial charge in [0, 0.05) is 18.8 Å². The van der Waals surface area contributed by atoms with E-state index in [-0.39, 0.29) is 32.7 Å². The summed E-state index contributed by atoms with van der Waals surface area (Å²) in [6.07, 6.45) is 49.8. The molecule has 1 rings (SSSR count). The normalized spacial score (nSPS) is 21.2. The number of aliphatic hydroxyl groups excluding tert-OH is 3. The van der Waals surface area contributed by atoms with Crippen LogP contribution >= 0.6 is 0 Å². The Labute approximate surface area is 356 Å². The van der Waals surface area contributed by atoms with Crippen LogP contribution in [0.15, 0.2) is 122 Å². The minimum Gasteiger partial charge on any atom is -0.462 e. The Morgan fingerprint density at radius 3 is 1.36 bits per heavy atom. The van der Waals surface area contributed by atoms with Crippen molar-refractivity contribution >= 4 is 11.9 Å². The first kappa shape index (κ1) is 53.2. The molecule has 1 heterocycles. The number of hydrogen-bond acceptors (Lipinski definition) is 9. The molecule has 1 fully saturated rings. The van der Waals surface area contributed by atoms with Crippen LogP contribution in [0.25, 0.3) is 0 Å². The lowest BCUT2D eigenvalue weighted by Gasteiger charge is -2.40. The van der Waals surface area contributed by atoms with Gasteiger partial charge in [-0.1, -0.05) is 142 Å². The number of carbonyl (C=O) groups is 2. The van der Waals surface area contributed by atoms with E-state index in [2.05, 4.69) is 123 Å².